The SMILES string of the molecule is c1ccc(-c2cccc3c2oc2c(-c4cccc(N(c5ccc(-c6cccc7ccccc67)cc5)c5ccccc5-c5ccc6oc7c8ccccc8ccc7c6c5)c4)cccc23)cc1. The molecule has 0 aliphatic carbocycles. The minimum atomic E-state index is 0.877. The summed E-state index contributed by atoms with van der Waals surface area (Å²) >= 11 is 0. The summed E-state index contributed by atoms with van der Waals surface area (Å²) in [5, 5.41) is 9.18. The Balaban J connectivity index is 0.984. The van der Waals surface area contributed by atoms with E-state index in [1.165, 1.54) is 27.3 Å². The standard InChI is InChI=1S/C62H39NO2/c1-2-14-41(15-3-1)52-25-12-27-54-55-28-13-26-53(62(55)65-61(52)54)44-19-10-20-47(38-44)63(46-34-30-43(31-35-46)49-24-11-18-40-16-4-6-21-48(40)49)58-29-9-8-22-50(58)45-33-37-59-57(39-45)56-36-32-42-17-5-7-23-51(42)60(56)64-59/h1-39H. The summed E-state index contributed by atoms with van der Waals surface area (Å²) in [6, 6.07) is 84.6. The molecule has 2 heterocycles. The molecule has 13 rings (SSSR count). The lowest BCUT2D eigenvalue weighted by Gasteiger charge is -2.28. The normalized spacial score (nSPS) is 11.7. The van der Waals surface area contributed by atoms with Gasteiger partial charge < -0.3 is 13.7 Å². The van der Waals surface area contributed by atoms with Crippen LogP contribution >= 0.6 is 0 Å². The van der Waals surface area contributed by atoms with E-state index in [2.05, 4.69) is 241 Å². The molecule has 2 aromatic heterocycles. The Morgan fingerprint density at radius 1 is 0.262 bits per heavy atom. The molecule has 0 atom stereocenters. The Labute approximate surface area is 375 Å². The molecular weight excluding hydrogens is 791 g/mol. The maximum absolute atomic E-state index is 6.92. The lowest BCUT2D eigenvalue weighted by atomic mass is 9.97. The Bertz CT molecular complexity index is 3950. The number of fused-ring (bicyclic) bond motifs is 9. The van der Waals surface area contributed by atoms with E-state index in [1.807, 2.05) is 0 Å². The largest absolute Gasteiger partial charge is 0.455 e. The second kappa shape index (κ2) is 15.0. The average molecular weight is 830 g/mol. The molecule has 3 nitrogen and oxygen atoms in total. The van der Waals surface area contributed by atoms with Crippen molar-refractivity contribution in [3.8, 4) is 44.5 Å². The molecule has 0 unspecified atom stereocenters. The fraction of sp³-hybridized carbons (Fsp3) is 0. The lowest BCUT2D eigenvalue weighted by Crippen LogP contribution is -2.11. The number of hydrogen-bond donors (Lipinski definition) is 0. The van der Waals surface area contributed by atoms with E-state index < -0.39 is 0 Å². The average Bonchev–Trinajstić information content (AvgIpc) is 3.96. The number of hydrogen-bond acceptors (Lipinski definition) is 3. The van der Waals surface area contributed by atoms with Gasteiger partial charge in [-0.3, -0.25) is 0 Å². The van der Waals surface area contributed by atoms with E-state index in [0.29, 0.717) is 0 Å². The van der Waals surface area contributed by atoms with Crippen LogP contribution in [0.25, 0.3) is 110 Å². The van der Waals surface area contributed by atoms with Crippen LogP contribution < -0.4 is 4.90 Å². The van der Waals surface area contributed by atoms with E-state index in [4.69, 9.17) is 8.83 Å². The Morgan fingerprint density at radius 2 is 0.800 bits per heavy atom. The van der Waals surface area contributed by atoms with Crippen molar-refractivity contribution in [3.63, 3.8) is 0 Å². The van der Waals surface area contributed by atoms with Gasteiger partial charge in [-0.2, -0.15) is 0 Å². The van der Waals surface area contributed by atoms with Gasteiger partial charge in [-0.05, 0) is 92.5 Å². The van der Waals surface area contributed by atoms with Crippen LogP contribution in [-0.2, 0) is 0 Å². The zero-order chi connectivity index (χ0) is 42.8. The summed E-state index contributed by atoms with van der Waals surface area (Å²) in [4.78, 5) is 2.39. The molecule has 0 saturated carbocycles. The molecule has 13 aromatic rings. The van der Waals surface area contributed by atoms with Crippen LogP contribution in [-0.4, -0.2) is 0 Å². The smallest absolute Gasteiger partial charge is 0.143 e. The molecule has 0 amide bonds. The van der Waals surface area contributed by atoms with Gasteiger partial charge in [-0.15, -0.1) is 0 Å². The van der Waals surface area contributed by atoms with E-state index in [9.17, 15) is 0 Å². The van der Waals surface area contributed by atoms with Crippen molar-refractivity contribution in [2.75, 3.05) is 4.90 Å². The zero-order valence-electron chi connectivity index (χ0n) is 35.3. The van der Waals surface area contributed by atoms with E-state index in [-0.39, 0.29) is 0 Å². The van der Waals surface area contributed by atoms with Gasteiger partial charge in [0.1, 0.15) is 22.3 Å². The van der Waals surface area contributed by atoms with Crippen LogP contribution in [0.4, 0.5) is 17.1 Å². The van der Waals surface area contributed by atoms with Crippen molar-refractivity contribution in [1.29, 1.82) is 0 Å². The Kier molecular flexibility index (Phi) is 8.53. The summed E-state index contributed by atoms with van der Waals surface area (Å²) in [5.41, 5.74) is 15.7. The van der Waals surface area contributed by atoms with Crippen molar-refractivity contribution in [3.05, 3.63) is 237 Å². The summed E-state index contributed by atoms with van der Waals surface area (Å²) in [6.07, 6.45) is 0. The van der Waals surface area contributed by atoms with Gasteiger partial charge in [0.05, 0.1) is 5.69 Å². The van der Waals surface area contributed by atoms with E-state index in [0.717, 1.165) is 99.7 Å². The maximum Gasteiger partial charge on any atom is 0.143 e. The fourth-order valence-electron chi connectivity index (χ4n) is 9.98. The van der Waals surface area contributed by atoms with Gasteiger partial charge in [0.25, 0.3) is 0 Å². The topological polar surface area (TPSA) is 29.5 Å². The summed E-state index contributed by atoms with van der Waals surface area (Å²) in [6.45, 7) is 0. The zero-order valence-corrected chi connectivity index (χ0v) is 35.3. The highest BCUT2D eigenvalue weighted by Crippen LogP contribution is 2.46. The van der Waals surface area contributed by atoms with Gasteiger partial charge in [0.15, 0.2) is 0 Å². The molecular formula is C62H39NO2. The Morgan fingerprint density at radius 3 is 1.62 bits per heavy atom. The second-order valence-electron chi connectivity index (χ2n) is 16.8. The highest BCUT2D eigenvalue weighted by molar-refractivity contribution is 6.16. The highest BCUT2D eigenvalue weighted by Gasteiger charge is 2.21. The third-order valence-corrected chi connectivity index (χ3v) is 13.1. The summed E-state index contributed by atoms with van der Waals surface area (Å²) < 4.78 is 13.5. The van der Waals surface area contributed by atoms with Crippen molar-refractivity contribution in [1.82, 2.24) is 0 Å². The van der Waals surface area contributed by atoms with Crippen LogP contribution in [0.15, 0.2) is 245 Å². The number of anilines is 3. The highest BCUT2D eigenvalue weighted by atomic mass is 16.3. The number of benzene rings is 11. The Hall–Kier alpha value is -8.66. The molecule has 3 heteroatoms. The van der Waals surface area contributed by atoms with Gasteiger partial charge >= 0.3 is 0 Å². The van der Waals surface area contributed by atoms with Crippen LogP contribution in [0.2, 0.25) is 0 Å². The first kappa shape index (κ1) is 36.9. The van der Waals surface area contributed by atoms with Gasteiger partial charge in [0, 0.05) is 55.0 Å². The van der Waals surface area contributed by atoms with Gasteiger partial charge in [0.2, 0.25) is 0 Å². The molecule has 11 aromatic carbocycles. The number of nitrogens with zero attached hydrogens (tertiary/aromatic N) is 1. The molecule has 65 heavy (non-hydrogen) atoms. The van der Waals surface area contributed by atoms with E-state index in [1.54, 1.807) is 0 Å². The number of para-hydroxylation sites is 3. The summed E-state index contributed by atoms with van der Waals surface area (Å²) in [7, 11) is 0. The second-order valence-corrected chi connectivity index (χ2v) is 16.8. The van der Waals surface area contributed by atoms with Crippen molar-refractivity contribution < 1.29 is 8.83 Å². The maximum atomic E-state index is 6.92. The summed E-state index contributed by atoms with van der Waals surface area (Å²) in [5.74, 6) is 0. The van der Waals surface area contributed by atoms with Crippen LogP contribution in [0.5, 0.6) is 0 Å². The van der Waals surface area contributed by atoms with Crippen molar-refractivity contribution >= 4 is 82.5 Å². The predicted octanol–water partition coefficient (Wildman–Crippen LogP) is 17.9. The molecule has 0 aliphatic heterocycles. The molecule has 0 saturated heterocycles. The molecule has 0 N–H and O–H groups in total. The first-order valence-corrected chi connectivity index (χ1v) is 22.2. The molecule has 0 fully saturated rings. The van der Waals surface area contributed by atoms with Crippen LogP contribution in [0.3, 0.4) is 0 Å². The van der Waals surface area contributed by atoms with Gasteiger partial charge in [-0.1, -0.05) is 188 Å². The monoisotopic (exact) mass is 829 g/mol. The van der Waals surface area contributed by atoms with Crippen molar-refractivity contribution in [2.45, 2.75) is 0 Å². The van der Waals surface area contributed by atoms with Gasteiger partial charge in [-0.25, -0.2) is 0 Å². The predicted molar refractivity (Wildman–Crippen MR) is 272 cm³/mol. The van der Waals surface area contributed by atoms with Crippen molar-refractivity contribution in [2.24, 2.45) is 0 Å². The minimum Gasteiger partial charge on any atom is -0.455 e. The molecule has 0 aliphatic rings. The van der Waals surface area contributed by atoms with Crippen LogP contribution in [0.1, 0.15) is 0 Å². The number of rotatable bonds is 7. The first-order valence-electron chi connectivity index (χ1n) is 22.2. The molecule has 304 valence electrons. The molecule has 0 spiro atoms. The fourth-order valence-corrected chi connectivity index (χ4v) is 9.98. The third-order valence-electron chi connectivity index (χ3n) is 13.1. The lowest BCUT2D eigenvalue weighted by molar-refractivity contribution is 0.671. The van der Waals surface area contributed by atoms with Crippen LogP contribution in [0, 0.1) is 0 Å². The minimum absolute atomic E-state index is 0.877. The molecule has 0 bridgehead atoms. The molecule has 0 radical (unpaired) electrons. The number of furan rings is 2. The quantitative estimate of drug-likeness (QED) is 0.160. The first-order chi connectivity index (χ1) is 32.2. The van der Waals surface area contributed by atoms with E-state index >= 15 is 0 Å². The third kappa shape index (κ3) is 6.12.